The van der Waals surface area contributed by atoms with Crippen molar-refractivity contribution in [3.05, 3.63) is 29.8 Å². The third-order valence-corrected chi connectivity index (χ3v) is 4.33. The summed E-state index contributed by atoms with van der Waals surface area (Å²) in [5.41, 5.74) is 0.874. The molecule has 1 saturated carbocycles. The maximum absolute atomic E-state index is 13.0. The minimum atomic E-state index is -0.304. The zero-order chi connectivity index (χ0) is 15.4. The van der Waals surface area contributed by atoms with Crippen LogP contribution in [0.5, 0.6) is 0 Å². The van der Waals surface area contributed by atoms with Gasteiger partial charge in [0.15, 0.2) is 0 Å². The second-order valence-electron chi connectivity index (χ2n) is 6.36. The molecule has 21 heavy (non-hydrogen) atoms. The molecule has 0 bridgehead atoms. The molecule has 1 aliphatic rings. The van der Waals surface area contributed by atoms with E-state index in [1.165, 1.54) is 12.3 Å². The summed E-state index contributed by atoms with van der Waals surface area (Å²) in [5, 5.41) is 12.6. The number of pyridine rings is 1. The standard InChI is InChI=1S/C16H26FN3O/c1-11(9-20(3)10-12-6-14(21)7-12)16(18-2)15-5-4-13(17)8-19-15/h4-5,8,11-12,14,16,18,21H,6-7,9-10H2,1-3H3. The Morgan fingerprint density at radius 3 is 2.71 bits per heavy atom. The summed E-state index contributed by atoms with van der Waals surface area (Å²) >= 11 is 0. The van der Waals surface area contributed by atoms with Crippen LogP contribution in [0.3, 0.4) is 0 Å². The van der Waals surface area contributed by atoms with E-state index in [2.05, 4.69) is 29.2 Å². The molecule has 0 aromatic carbocycles. The molecule has 0 amide bonds. The van der Waals surface area contributed by atoms with Gasteiger partial charge in [-0.05, 0) is 50.9 Å². The monoisotopic (exact) mass is 295 g/mol. The van der Waals surface area contributed by atoms with Crippen molar-refractivity contribution >= 4 is 0 Å². The smallest absolute Gasteiger partial charge is 0.141 e. The molecule has 0 saturated heterocycles. The molecule has 2 atom stereocenters. The summed E-state index contributed by atoms with van der Waals surface area (Å²) < 4.78 is 13.0. The van der Waals surface area contributed by atoms with Crippen molar-refractivity contribution in [3.8, 4) is 0 Å². The van der Waals surface area contributed by atoms with Crippen molar-refractivity contribution in [1.29, 1.82) is 0 Å². The van der Waals surface area contributed by atoms with Crippen LogP contribution in [0, 0.1) is 17.7 Å². The van der Waals surface area contributed by atoms with Gasteiger partial charge in [0.05, 0.1) is 24.0 Å². The van der Waals surface area contributed by atoms with Crippen LogP contribution >= 0.6 is 0 Å². The third kappa shape index (κ3) is 4.46. The Hall–Kier alpha value is -1.04. The molecule has 2 N–H and O–H groups in total. The van der Waals surface area contributed by atoms with E-state index in [9.17, 15) is 9.50 Å². The van der Waals surface area contributed by atoms with Crippen molar-refractivity contribution in [2.45, 2.75) is 31.9 Å². The zero-order valence-corrected chi connectivity index (χ0v) is 13.1. The number of aliphatic hydroxyl groups excluding tert-OH is 1. The fraction of sp³-hybridized carbons (Fsp3) is 0.688. The van der Waals surface area contributed by atoms with Crippen molar-refractivity contribution in [1.82, 2.24) is 15.2 Å². The van der Waals surface area contributed by atoms with E-state index in [4.69, 9.17) is 0 Å². The summed E-state index contributed by atoms with van der Waals surface area (Å²) in [6.45, 7) is 4.14. The molecule has 2 rings (SSSR count). The van der Waals surface area contributed by atoms with E-state index in [0.717, 1.165) is 31.6 Å². The van der Waals surface area contributed by atoms with E-state index in [-0.39, 0.29) is 18.0 Å². The molecule has 0 radical (unpaired) electrons. The number of nitrogens with zero attached hydrogens (tertiary/aromatic N) is 2. The lowest BCUT2D eigenvalue weighted by Gasteiger charge is -2.36. The average molecular weight is 295 g/mol. The van der Waals surface area contributed by atoms with Gasteiger partial charge in [-0.25, -0.2) is 4.39 Å². The molecule has 1 aliphatic carbocycles. The van der Waals surface area contributed by atoms with Gasteiger partial charge < -0.3 is 15.3 Å². The highest BCUT2D eigenvalue weighted by atomic mass is 19.1. The quantitative estimate of drug-likeness (QED) is 0.805. The first-order chi connectivity index (χ1) is 9.99. The summed E-state index contributed by atoms with van der Waals surface area (Å²) in [6, 6.07) is 3.31. The van der Waals surface area contributed by atoms with Crippen LogP contribution in [0.4, 0.5) is 4.39 Å². The Morgan fingerprint density at radius 1 is 1.48 bits per heavy atom. The molecule has 0 aliphatic heterocycles. The molecule has 5 heteroatoms. The Bertz CT molecular complexity index is 434. The van der Waals surface area contributed by atoms with Crippen molar-refractivity contribution < 1.29 is 9.50 Å². The first-order valence-electron chi connectivity index (χ1n) is 7.65. The molecular formula is C16H26FN3O. The maximum atomic E-state index is 13.0. The van der Waals surface area contributed by atoms with Crippen LogP contribution < -0.4 is 5.32 Å². The topological polar surface area (TPSA) is 48.4 Å². The average Bonchev–Trinajstić information content (AvgIpc) is 2.40. The molecule has 1 fully saturated rings. The van der Waals surface area contributed by atoms with E-state index < -0.39 is 0 Å². The van der Waals surface area contributed by atoms with Gasteiger partial charge in [0.25, 0.3) is 0 Å². The Balaban J connectivity index is 1.87. The first-order valence-corrected chi connectivity index (χ1v) is 7.65. The van der Waals surface area contributed by atoms with E-state index in [1.807, 2.05) is 7.05 Å². The van der Waals surface area contributed by atoms with E-state index in [1.54, 1.807) is 6.07 Å². The lowest BCUT2D eigenvalue weighted by Crippen LogP contribution is -2.40. The van der Waals surface area contributed by atoms with Crippen LogP contribution in [-0.4, -0.2) is 48.3 Å². The van der Waals surface area contributed by atoms with E-state index in [0.29, 0.717) is 11.8 Å². The van der Waals surface area contributed by atoms with Crippen molar-refractivity contribution in [3.63, 3.8) is 0 Å². The Morgan fingerprint density at radius 2 is 2.19 bits per heavy atom. The number of halogens is 1. The minimum Gasteiger partial charge on any atom is -0.393 e. The number of aromatic nitrogens is 1. The van der Waals surface area contributed by atoms with Gasteiger partial charge in [0.2, 0.25) is 0 Å². The highest BCUT2D eigenvalue weighted by Crippen LogP contribution is 2.28. The number of hydrogen-bond acceptors (Lipinski definition) is 4. The van der Waals surface area contributed by atoms with Gasteiger partial charge in [0, 0.05) is 13.1 Å². The predicted octanol–water partition coefficient (Wildman–Crippen LogP) is 1.82. The maximum Gasteiger partial charge on any atom is 0.141 e. The predicted molar refractivity (Wildman–Crippen MR) is 81.4 cm³/mol. The van der Waals surface area contributed by atoms with Crippen LogP contribution in [0.15, 0.2) is 18.3 Å². The SMILES string of the molecule is CNC(c1ccc(F)cn1)C(C)CN(C)CC1CC(O)C1. The van der Waals surface area contributed by atoms with Gasteiger partial charge in [0.1, 0.15) is 5.82 Å². The van der Waals surface area contributed by atoms with Crippen LogP contribution in [0.25, 0.3) is 0 Å². The van der Waals surface area contributed by atoms with Crippen LogP contribution in [0.1, 0.15) is 31.5 Å². The number of rotatable bonds is 7. The first kappa shape index (κ1) is 16.3. The largest absolute Gasteiger partial charge is 0.393 e. The third-order valence-electron chi connectivity index (χ3n) is 4.33. The van der Waals surface area contributed by atoms with Crippen LogP contribution in [-0.2, 0) is 0 Å². The molecule has 4 nitrogen and oxygen atoms in total. The van der Waals surface area contributed by atoms with Gasteiger partial charge >= 0.3 is 0 Å². The molecule has 1 aromatic heterocycles. The second kappa shape index (κ2) is 7.29. The van der Waals surface area contributed by atoms with Crippen molar-refractivity contribution in [2.75, 3.05) is 27.2 Å². The lowest BCUT2D eigenvalue weighted by molar-refractivity contribution is 0.0260. The molecular weight excluding hydrogens is 269 g/mol. The molecule has 1 aromatic rings. The highest BCUT2D eigenvalue weighted by Gasteiger charge is 2.29. The summed E-state index contributed by atoms with van der Waals surface area (Å²) in [4.78, 5) is 6.50. The molecule has 1 heterocycles. The van der Waals surface area contributed by atoms with Crippen molar-refractivity contribution in [2.24, 2.45) is 11.8 Å². The summed E-state index contributed by atoms with van der Waals surface area (Å²) in [6.07, 6.45) is 3.03. The molecule has 0 spiro atoms. The highest BCUT2D eigenvalue weighted by molar-refractivity contribution is 5.10. The summed E-state index contributed by atoms with van der Waals surface area (Å²) in [7, 11) is 4.03. The van der Waals surface area contributed by atoms with Gasteiger partial charge in [-0.1, -0.05) is 6.92 Å². The molecule has 118 valence electrons. The normalized spacial score (nSPS) is 24.7. The van der Waals surface area contributed by atoms with Gasteiger partial charge in [-0.2, -0.15) is 0 Å². The lowest BCUT2D eigenvalue weighted by atomic mass is 9.82. The van der Waals surface area contributed by atoms with Crippen LogP contribution in [0.2, 0.25) is 0 Å². The fourth-order valence-electron chi connectivity index (χ4n) is 3.26. The number of hydrogen-bond donors (Lipinski definition) is 2. The number of aliphatic hydroxyl groups is 1. The Kier molecular flexibility index (Phi) is 5.67. The second-order valence-corrected chi connectivity index (χ2v) is 6.36. The number of nitrogens with one attached hydrogen (secondary N) is 1. The summed E-state index contributed by atoms with van der Waals surface area (Å²) in [5.74, 6) is 0.680. The zero-order valence-electron chi connectivity index (χ0n) is 13.1. The molecule has 2 unspecified atom stereocenters. The fourth-order valence-corrected chi connectivity index (χ4v) is 3.26. The Labute approximate surface area is 126 Å². The van der Waals surface area contributed by atoms with Gasteiger partial charge in [-0.3, -0.25) is 4.98 Å². The van der Waals surface area contributed by atoms with E-state index >= 15 is 0 Å². The van der Waals surface area contributed by atoms with Gasteiger partial charge in [-0.15, -0.1) is 0 Å². The minimum absolute atomic E-state index is 0.0886.